The third-order valence-corrected chi connectivity index (χ3v) is 10.9. The number of amides is 3. The Hall–Kier alpha value is -6.20. The van der Waals surface area contributed by atoms with Crippen molar-refractivity contribution in [2.45, 2.75) is 70.5 Å². The van der Waals surface area contributed by atoms with Crippen LogP contribution in [0.3, 0.4) is 0 Å². The molecule has 0 radical (unpaired) electrons. The molecule has 0 bridgehead atoms. The molecular formula is C42H54ClN12O5+. The van der Waals surface area contributed by atoms with Crippen molar-refractivity contribution >= 4 is 41.0 Å². The zero-order valence-corrected chi connectivity index (χ0v) is 34.7. The molecule has 9 N–H and O–H groups in total. The third-order valence-electron chi connectivity index (χ3n) is 10.6. The lowest BCUT2D eigenvalue weighted by Gasteiger charge is -2.45. The number of rotatable bonds is 20. The summed E-state index contributed by atoms with van der Waals surface area (Å²) in [6.45, 7) is 6.94. The number of nitrogens with zero attached hydrogens (tertiary/aromatic N) is 5. The molecule has 17 nitrogen and oxygen atoms in total. The summed E-state index contributed by atoms with van der Waals surface area (Å²) >= 11 is 6.09. The Morgan fingerprint density at radius 3 is 1.90 bits per heavy atom. The van der Waals surface area contributed by atoms with Gasteiger partial charge in [0.2, 0.25) is 0 Å². The number of nitrogens with one attached hydrogen (secondary N) is 5. The summed E-state index contributed by atoms with van der Waals surface area (Å²) in [7, 11) is 0. The minimum atomic E-state index is -0.436. The van der Waals surface area contributed by atoms with Crippen LogP contribution in [-0.2, 0) is 22.4 Å². The quantitative estimate of drug-likeness (QED) is 0.0547. The van der Waals surface area contributed by atoms with Crippen molar-refractivity contribution in [2.75, 3.05) is 50.9 Å². The van der Waals surface area contributed by atoms with Crippen LogP contribution in [0.25, 0.3) is 0 Å². The van der Waals surface area contributed by atoms with Crippen LogP contribution < -0.4 is 36.9 Å². The summed E-state index contributed by atoms with van der Waals surface area (Å²) < 4.78 is 12.5. The van der Waals surface area contributed by atoms with Crippen LogP contribution >= 0.6 is 11.6 Å². The maximum absolute atomic E-state index is 13.4. The maximum atomic E-state index is 13.4. The highest BCUT2D eigenvalue weighted by Crippen LogP contribution is 2.25. The van der Waals surface area contributed by atoms with Gasteiger partial charge in [-0.25, -0.2) is 19.9 Å². The molecular weight excluding hydrogens is 788 g/mol. The first-order valence-corrected chi connectivity index (χ1v) is 20.6. The SMILES string of the molecule is CC(NC(=O)COc1cccc(CCC[N+]2(CCCc3cccc(OCC(=O)NC(C)c4ncc[nH]4)c3)CCCC(NC(=O)c3nc(Cl)c(N)nc3N)C2)c1)c1ncc[nH]1. The number of imidazole rings is 2. The standard InChI is InChI=1S/C42H53ClN12O5/c1-27(40-46-15-16-47-40)50-34(56)25-59-32-13-3-8-29(22-32)10-5-19-55(21-7-12-31(24-55)52-42(58)36-38(44)54-39(45)37(43)53-36)20-6-11-30-9-4-14-33(23-30)60-26-35(57)51-28(2)41-48-17-18-49-41/h3-4,8-9,13-18,22-23,27-28,31H,5-7,10-12,19-21,24-26H2,1-2H3,(H8-,44,45,46,47,48,49,50,51,52,54,56,57,58)/p+1. The summed E-state index contributed by atoms with van der Waals surface area (Å²) in [5.74, 6) is 1.57. The van der Waals surface area contributed by atoms with Crippen molar-refractivity contribution < 1.29 is 28.3 Å². The lowest BCUT2D eigenvalue weighted by Crippen LogP contribution is -2.60. The average Bonchev–Trinajstić information content (AvgIpc) is 3.98. The molecule has 4 heterocycles. The predicted molar refractivity (Wildman–Crippen MR) is 227 cm³/mol. The van der Waals surface area contributed by atoms with Gasteiger partial charge in [0, 0.05) is 37.6 Å². The van der Waals surface area contributed by atoms with Crippen LogP contribution in [0.4, 0.5) is 11.6 Å². The number of carbonyl (C=O) groups is 3. The molecule has 2 aromatic carbocycles. The molecule has 0 aliphatic carbocycles. The highest BCUT2D eigenvalue weighted by molar-refractivity contribution is 6.31. The summed E-state index contributed by atoms with van der Waals surface area (Å²) in [4.78, 5) is 61.0. The Morgan fingerprint density at radius 2 is 1.38 bits per heavy atom. The second-order valence-electron chi connectivity index (χ2n) is 15.2. The van der Waals surface area contributed by atoms with Gasteiger partial charge < -0.3 is 51.3 Å². The van der Waals surface area contributed by atoms with Crippen molar-refractivity contribution in [2.24, 2.45) is 0 Å². The van der Waals surface area contributed by atoms with Gasteiger partial charge in [-0.15, -0.1) is 0 Å². The molecule has 1 saturated heterocycles. The number of nitrogens with two attached hydrogens (primary N) is 2. The number of carbonyl (C=O) groups excluding carboxylic acids is 3. The first-order valence-electron chi connectivity index (χ1n) is 20.2. The Labute approximate surface area is 354 Å². The molecule has 3 atom stereocenters. The summed E-state index contributed by atoms with van der Waals surface area (Å²) in [5, 5.41) is 8.86. The molecule has 5 aromatic rings. The lowest BCUT2D eigenvalue weighted by molar-refractivity contribution is -0.933. The van der Waals surface area contributed by atoms with Crippen molar-refractivity contribution in [1.82, 2.24) is 45.9 Å². The van der Waals surface area contributed by atoms with Crippen LogP contribution in [0.2, 0.25) is 5.15 Å². The Morgan fingerprint density at radius 1 is 0.833 bits per heavy atom. The largest absolute Gasteiger partial charge is 0.484 e. The molecule has 0 spiro atoms. The van der Waals surface area contributed by atoms with E-state index in [1.165, 1.54) is 0 Å². The van der Waals surface area contributed by atoms with Gasteiger partial charge in [-0.1, -0.05) is 35.9 Å². The monoisotopic (exact) mass is 841 g/mol. The third kappa shape index (κ3) is 12.4. The van der Waals surface area contributed by atoms with Gasteiger partial charge >= 0.3 is 0 Å². The summed E-state index contributed by atoms with van der Waals surface area (Å²) in [5.41, 5.74) is 13.9. The molecule has 1 aliphatic rings. The first kappa shape index (κ1) is 43.4. The fraction of sp³-hybridized carbons (Fsp3) is 0.405. The summed E-state index contributed by atoms with van der Waals surface area (Å²) in [6, 6.07) is 15.0. The van der Waals surface area contributed by atoms with E-state index in [1.807, 2.05) is 50.2 Å². The number of benzene rings is 2. The number of H-pyrrole nitrogens is 2. The highest BCUT2D eigenvalue weighted by Gasteiger charge is 2.36. The second-order valence-corrected chi connectivity index (χ2v) is 15.6. The van der Waals surface area contributed by atoms with Crippen LogP contribution in [0.1, 0.15) is 84.9 Å². The Kier molecular flexibility index (Phi) is 14.9. The van der Waals surface area contributed by atoms with E-state index in [4.69, 9.17) is 32.5 Å². The average molecular weight is 842 g/mol. The van der Waals surface area contributed by atoms with E-state index >= 15 is 0 Å². The van der Waals surface area contributed by atoms with Crippen LogP contribution in [0.15, 0.2) is 73.3 Å². The van der Waals surface area contributed by atoms with E-state index in [0.717, 1.165) is 80.3 Å². The Bertz CT molecular complexity index is 2080. The van der Waals surface area contributed by atoms with Gasteiger partial charge in [0.05, 0.1) is 44.3 Å². The minimum absolute atomic E-state index is 0.0317. The predicted octanol–water partition coefficient (Wildman–Crippen LogP) is 4.23. The molecule has 3 amide bonds. The molecule has 1 fully saturated rings. The number of likely N-dealkylation sites (tertiary alicyclic amines) is 1. The van der Waals surface area contributed by atoms with Crippen molar-refractivity contribution in [1.29, 1.82) is 0 Å². The van der Waals surface area contributed by atoms with E-state index in [9.17, 15) is 14.4 Å². The number of nitrogen functional groups attached to an aromatic ring is 2. The van der Waals surface area contributed by atoms with Crippen LogP contribution in [0.5, 0.6) is 11.5 Å². The molecule has 60 heavy (non-hydrogen) atoms. The smallest absolute Gasteiger partial charge is 0.274 e. The second kappa shape index (κ2) is 20.7. The number of aromatic amines is 2. The molecule has 18 heteroatoms. The Balaban J connectivity index is 1.06. The molecule has 3 aromatic heterocycles. The van der Waals surface area contributed by atoms with Gasteiger partial charge in [-0.2, -0.15) is 0 Å². The van der Waals surface area contributed by atoms with E-state index < -0.39 is 5.91 Å². The molecule has 3 unspecified atom stereocenters. The minimum Gasteiger partial charge on any atom is -0.484 e. The van der Waals surface area contributed by atoms with E-state index in [2.05, 4.69) is 58.0 Å². The zero-order valence-electron chi connectivity index (χ0n) is 34.0. The maximum Gasteiger partial charge on any atom is 0.274 e. The van der Waals surface area contributed by atoms with Gasteiger partial charge in [0.15, 0.2) is 35.7 Å². The fourth-order valence-corrected chi connectivity index (χ4v) is 7.80. The zero-order chi connectivity index (χ0) is 42.5. The van der Waals surface area contributed by atoms with E-state index in [0.29, 0.717) is 23.1 Å². The van der Waals surface area contributed by atoms with Crippen molar-refractivity contribution in [3.8, 4) is 11.5 Å². The fourth-order valence-electron chi connectivity index (χ4n) is 7.67. The summed E-state index contributed by atoms with van der Waals surface area (Å²) in [6.07, 6.45) is 11.8. The number of piperidine rings is 1. The van der Waals surface area contributed by atoms with Gasteiger partial charge in [-0.3, -0.25) is 14.4 Å². The number of halogens is 1. The number of aryl methyl sites for hydroxylation is 2. The molecule has 318 valence electrons. The molecule has 0 saturated carbocycles. The molecule has 1 aliphatic heterocycles. The topological polar surface area (TPSA) is 241 Å². The first-order chi connectivity index (χ1) is 28.9. The van der Waals surface area contributed by atoms with Gasteiger partial charge in [0.1, 0.15) is 23.1 Å². The normalized spacial score (nSPS) is 17.3. The number of anilines is 2. The number of quaternary nitrogens is 1. The van der Waals surface area contributed by atoms with Crippen molar-refractivity contribution in [3.05, 3.63) is 107 Å². The van der Waals surface area contributed by atoms with Crippen LogP contribution in [-0.4, -0.2) is 97.5 Å². The van der Waals surface area contributed by atoms with Crippen LogP contribution in [0, 0.1) is 0 Å². The lowest BCUT2D eigenvalue weighted by atomic mass is 9.99. The number of aromatic nitrogens is 6. The highest BCUT2D eigenvalue weighted by atomic mass is 35.5. The number of hydrogen-bond acceptors (Lipinski definition) is 11. The van der Waals surface area contributed by atoms with E-state index in [-0.39, 0.29) is 65.6 Å². The van der Waals surface area contributed by atoms with Gasteiger partial charge in [-0.05, 0) is 74.9 Å². The molecule has 6 rings (SSSR count). The van der Waals surface area contributed by atoms with Gasteiger partial charge in [0.25, 0.3) is 17.7 Å². The van der Waals surface area contributed by atoms with E-state index in [1.54, 1.807) is 24.8 Å². The number of ether oxygens (including phenoxy) is 2. The number of hydrogen-bond donors (Lipinski definition) is 7. The van der Waals surface area contributed by atoms with Crippen molar-refractivity contribution in [3.63, 3.8) is 0 Å².